The predicted molar refractivity (Wildman–Crippen MR) is 77.3 cm³/mol. The molecule has 1 aromatic carbocycles. The number of carbonyl (C=O) groups is 1. The molecule has 106 valence electrons. The Morgan fingerprint density at radius 3 is 2.58 bits per heavy atom. The van der Waals surface area contributed by atoms with Crippen LogP contribution in [0.4, 0.5) is 0 Å². The number of hydrogen-bond donors (Lipinski definition) is 2. The third kappa shape index (κ3) is 3.61. The number of primary amides is 1. The maximum atomic E-state index is 11.6. The number of nitrogens with two attached hydrogens (primary N) is 1. The van der Waals surface area contributed by atoms with Crippen molar-refractivity contribution in [2.45, 2.75) is 32.9 Å². The van der Waals surface area contributed by atoms with Crippen LogP contribution in [-0.2, 0) is 11.3 Å². The van der Waals surface area contributed by atoms with Crippen molar-refractivity contribution >= 4 is 17.5 Å². The summed E-state index contributed by atoms with van der Waals surface area (Å²) in [5, 5.41) is 3.75. The number of halogens is 1. The molecule has 0 aliphatic heterocycles. The van der Waals surface area contributed by atoms with Gasteiger partial charge in [-0.2, -0.15) is 0 Å². The second-order valence-corrected chi connectivity index (χ2v) is 5.45. The van der Waals surface area contributed by atoms with Gasteiger partial charge in [-0.05, 0) is 30.5 Å². The Bertz CT molecular complexity index is 463. The first-order valence-corrected chi connectivity index (χ1v) is 6.56. The van der Waals surface area contributed by atoms with Gasteiger partial charge in [0.05, 0.1) is 17.7 Å². The lowest BCUT2D eigenvalue weighted by atomic mass is 9.87. The molecule has 0 bridgehead atoms. The second kappa shape index (κ2) is 6.26. The predicted octanol–water partition coefficient (Wildman–Crippen LogP) is 2.34. The maximum Gasteiger partial charge on any atom is 0.237 e. The van der Waals surface area contributed by atoms with Gasteiger partial charge < -0.3 is 10.5 Å². The van der Waals surface area contributed by atoms with Crippen molar-refractivity contribution in [3.63, 3.8) is 0 Å². The number of carbonyl (C=O) groups excluding carboxylic acids is 1. The molecule has 1 amide bonds. The molecule has 0 aromatic heterocycles. The molecule has 0 aliphatic carbocycles. The first-order chi connectivity index (χ1) is 8.81. The number of benzene rings is 1. The van der Waals surface area contributed by atoms with E-state index in [1.807, 2.05) is 32.9 Å². The molecule has 19 heavy (non-hydrogen) atoms. The van der Waals surface area contributed by atoms with Crippen LogP contribution in [0.1, 0.15) is 26.3 Å². The van der Waals surface area contributed by atoms with Crippen molar-refractivity contribution in [1.29, 1.82) is 0 Å². The van der Waals surface area contributed by atoms with Crippen LogP contribution in [0.5, 0.6) is 5.75 Å². The minimum absolute atomic E-state index is 0.0960. The Labute approximate surface area is 119 Å². The molecule has 0 unspecified atom stereocenters. The zero-order valence-electron chi connectivity index (χ0n) is 11.8. The zero-order valence-corrected chi connectivity index (χ0v) is 12.5. The van der Waals surface area contributed by atoms with Crippen LogP contribution in [0.3, 0.4) is 0 Å². The summed E-state index contributed by atoms with van der Waals surface area (Å²) in [5.41, 5.74) is 5.69. The third-order valence-corrected chi connectivity index (χ3v) is 3.84. The Balaban J connectivity index is 2.81. The van der Waals surface area contributed by atoms with Gasteiger partial charge in [0.2, 0.25) is 5.91 Å². The normalized spacial score (nSPS) is 14.2. The van der Waals surface area contributed by atoms with Crippen LogP contribution in [0.15, 0.2) is 18.2 Å². The molecule has 0 saturated carbocycles. The van der Waals surface area contributed by atoms with E-state index >= 15 is 0 Å². The first kappa shape index (κ1) is 15.8. The Kier molecular flexibility index (Phi) is 5.20. The van der Waals surface area contributed by atoms with Crippen LogP contribution in [-0.4, -0.2) is 18.6 Å². The van der Waals surface area contributed by atoms with E-state index in [4.69, 9.17) is 22.1 Å². The largest absolute Gasteiger partial charge is 0.495 e. The minimum Gasteiger partial charge on any atom is -0.495 e. The summed E-state index contributed by atoms with van der Waals surface area (Å²) >= 11 is 6.06. The zero-order chi connectivity index (χ0) is 14.6. The molecule has 1 rings (SSSR count). The van der Waals surface area contributed by atoms with Gasteiger partial charge in [0.15, 0.2) is 0 Å². The highest BCUT2D eigenvalue weighted by Crippen LogP contribution is 2.25. The van der Waals surface area contributed by atoms with E-state index in [0.717, 1.165) is 5.56 Å². The van der Waals surface area contributed by atoms with Crippen molar-refractivity contribution < 1.29 is 9.53 Å². The number of nitrogens with one attached hydrogen (secondary N) is 1. The highest BCUT2D eigenvalue weighted by Gasteiger charge is 2.33. The lowest BCUT2D eigenvalue weighted by molar-refractivity contribution is -0.125. The van der Waals surface area contributed by atoms with Gasteiger partial charge in [0.1, 0.15) is 5.75 Å². The quantitative estimate of drug-likeness (QED) is 0.843. The summed E-state index contributed by atoms with van der Waals surface area (Å²) in [6, 6.07) is 5.52. The Morgan fingerprint density at radius 2 is 2.16 bits per heavy atom. The highest BCUT2D eigenvalue weighted by molar-refractivity contribution is 6.32. The molecule has 0 fully saturated rings. The summed E-state index contributed by atoms with van der Waals surface area (Å²) in [5.74, 6) is 0.368. The standard InChI is InChI=1S/C14H21ClN2O2/c1-9(2)14(3,13(16)18)17-8-10-5-6-12(19-4)11(15)7-10/h5-7,9,17H,8H2,1-4H3,(H2,16,18)/t14-/m1/s1. The molecule has 1 aromatic rings. The maximum absolute atomic E-state index is 11.6. The van der Waals surface area contributed by atoms with E-state index in [2.05, 4.69) is 5.32 Å². The molecular weight excluding hydrogens is 264 g/mol. The summed E-state index contributed by atoms with van der Waals surface area (Å²) in [4.78, 5) is 11.6. The molecule has 1 atom stereocenters. The molecule has 0 radical (unpaired) electrons. The van der Waals surface area contributed by atoms with E-state index < -0.39 is 5.54 Å². The molecule has 0 aliphatic rings. The van der Waals surface area contributed by atoms with E-state index in [1.54, 1.807) is 13.2 Å². The number of amides is 1. The molecule has 0 spiro atoms. The number of methoxy groups -OCH3 is 1. The molecule has 3 N–H and O–H groups in total. The number of rotatable bonds is 6. The van der Waals surface area contributed by atoms with Crippen molar-refractivity contribution in [3.05, 3.63) is 28.8 Å². The van der Waals surface area contributed by atoms with E-state index in [1.165, 1.54) is 0 Å². The van der Waals surface area contributed by atoms with Gasteiger partial charge in [-0.15, -0.1) is 0 Å². The summed E-state index contributed by atoms with van der Waals surface area (Å²) in [6.07, 6.45) is 0. The number of hydrogen-bond acceptors (Lipinski definition) is 3. The van der Waals surface area contributed by atoms with Gasteiger partial charge in [0, 0.05) is 6.54 Å². The van der Waals surface area contributed by atoms with Gasteiger partial charge in [-0.3, -0.25) is 10.1 Å². The van der Waals surface area contributed by atoms with Gasteiger partial charge in [-0.1, -0.05) is 31.5 Å². The fourth-order valence-electron chi connectivity index (χ4n) is 1.68. The van der Waals surface area contributed by atoms with E-state index in [9.17, 15) is 4.79 Å². The fraction of sp³-hybridized carbons (Fsp3) is 0.500. The van der Waals surface area contributed by atoms with Gasteiger partial charge >= 0.3 is 0 Å². The van der Waals surface area contributed by atoms with Crippen LogP contribution in [0, 0.1) is 5.92 Å². The third-order valence-electron chi connectivity index (χ3n) is 3.54. The van der Waals surface area contributed by atoms with E-state index in [-0.39, 0.29) is 11.8 Å². The van der Waals surface area contributed by atoms with Crippen LogP contribution in [0.25, 0.3) is 0 Å². The topological polar surface area (TPSA) is 64.3 Å². The molecular formula is C14H21ClN2O2. The van der Waals surface area contributed by atoms with Crippen LogP contribution in [0.2, 0.25) is 5.02 Å². The lowest BCUT2D eigenvalue weighted by Crippen LogP contribution is -2.56. The molecule has 0 saturated heterocycles. The van der Waals surface area contributed by atoms with Gasteiger partial charge in [-0.25, -0.2) is 0 Å². The highest BCUT2D eigenvalue weighted by atomic mass is 35.5. The Morgan fingerprint density at radius 1 is 1.53 bits per heavy atom. The smallest absolute Gasteiger partial charge is 0.237 e. The average molecular weight is 285 g/mol. The average Bonchev–Trinajstić information content (AvgIpc) is 2.35. The fourth-order valence-corrected chi connectivity index (χ4v) is 1.96. The van der Waals surface area contributed by atoms with Gasteiger partial charge in [0.25, 0.3) is 0 Å². The SMILES string of the molecule is COc1ccc(CN[C@@](C)(C(N)=O)C(C)C)cc1Cl. The van der Waals surface area contributed by atoms with Crippen LogP contribution < -0.4 is 15.8 Å². The van der Waals surface area contributed by atoms with Crippen molar-refractivity contribution in [2.24, 2.45) is 11.7 Å². The summed E-state index contributed by atoms with van der Waals surface area (Å²) < 4.78 is 5.10. The lowest BCUT2D eigenvalue weighted by Gasteiger charge is -2.31. The van der Waals surface area contributed by atoms with Crippen molar-refractivity contribution in [2.75, 3.05) is 7.11 Å². The van der Waals surface area contributed by atoms with Crippen molar-refractivity contribution in [3.8, 4) is 5.75 Å². The second-order valence-electron chi connectivity index (χ2n) is 5.04. The molecule has 4 nitrogen and oxygen atoms in total. The summed E-state index contributed by atoms with van der Waals surface area (Å²) in [7, 11) is 1.57. The molecule has 0 heterocycles. The summed E-state index contributed by atoms with van der Waals surface area (Å²) in [6.45, 7) is 6.24. The van der Waals surface area contributed by atoms with E-state index in [0.29, 0.717) is 17.3 Å². The first-order valence-electron chi connectivity index (χ1n) is 6.18. The van der Waals surface area contributed by atoms with Crippen LogP contribution >= 0.6 is 11.6 Å². The number of ether oxygens (including phenoxy) is 1. The minimum atomic E-state index is -0.744. The van der Waals surface area contributed by atoms with Crippen molar-refractivity contribution in [1.82, 2.24) is 5.32 Å². The monoisotopic (exact) mass is 284 g/mol. The Hall–Kier alpha value is -1.26. The molecule has 5 heteroatoms.